The van der Waals surface area contributed by atoms with Gasteiger partial charge in [0.2, 0.25) is 0 Å². The van der Waals surface area contributed by atoms with Gasteiger partial charge >= 0.3 is 0 Å². The summed E-state index contributed by atoms with van der Waals surface area (Å²) < 4.78 is 0. The molecule has 3 rings (SSSR count). The zero-order valence-electron chi connectivity index (χ0n) is 12.7. The Labute approximate surface area is 131 Å². The quantitative estimate of drug-likeness (QED) is 0.872. The van der Waals surface area contributed by atoms with Crippen LogP contribution in [0.5, 0.6) is 0 Å². The van der Waals surface area contributed by atoms with Gasteiger partial charge < -0.3 is 4.90 Å². The summed E-state index contributed by atoms with van der Waals surface area (Å²) in [6, 6.07) is 16.5. The number of nitrogens with zero attached hydrogens (tertiary/aromatic N) is 4. The van der Waals surface area contributed by atoms with Crippen molar-refractivity contribution in [2.75, 3.05) is 31.1 Å². The third kappa shape index (κ3) is 3.44. The minimum Gasteiger partial charge on any atom is -0.354 e. The van der Waals surface area contributed by atoms with Crippen LogP contribution >= 0.6 is 0 Å². The fourth-order valence-electron chi connectivity index (χ4n) is 2.92. The smallest absolute Gasteiger partial charge is 0.146 e. The summed E-state index contributed by atoms with van der Waals surface area (Å²) >= 11 is 0. The highest BCUT2D eigenvalue weighted by atomic mass is 15.2. The second kappa shape index (κ2) is 7.06. The molecular weight excluding hydrogens is 272 g/mol. The molecule has 1 saturated heterocycles. The summed E-state index contributed by atoms with van der Waals surface area (Å²) in [5.41, 5.74) is 2.02. The van der Waals surface area contributed by atoms with Gasteiger partial charge in [-0.3, -0.25) is 4.90 Å². The molecule has 112 valence electrons. The SMILES string of the molecule is N#Cc1cccnc1N1CCCN(Cc2ccccc2)CC1. The molecule has 0 spiro atoms. The van der Waals surface area contributed by atoms with Crippen LogP contribution in [0.3, 0.4) is 0 Å². The van der Waals surface area contributed by atoms with E-state index >= 15 is 0 Å². The highest BCUT2D eigenvalue weighted by Gasteiger charge is 2.18. The van der Waals surface area contributed by atoms with Crippen LogP contribution in [0.2, 0.25) is 0 Å². The van der Waals surface area contributed by atoms with Gasteiger partial charge in [0.1, 0.15) is 11.9 Å². The van der Waals surface area contributed by atoms with Gasteiger partial charge in [-0.15, -0.1) is 0 Å². The topological polar surface area (TPSA) is 43.2 Å². The predicted molar refractivity (Wildman–Crippen MR) is 87.5 cm³/mol. The number of hydrogen-bond donors (Lipinski definition) is 0. The van der Waals surface area contributed by atoms with Gasteiger partial charge in [0.25, 0.3) is 0 Å². The second-order valence-electron chi connectivity index (χ2n) is 5.59. The van der Waals surface area contributed by atoms with Crippen molar-refractivity contribution in [2.24, 2.45) is 0 Å². The van der Waals surface area contributed by atoms with Crippen LogP contribution in [-0.2, 0) is 6.54 Å². The maximum Gasteiger partial charge on any atom is 0.146 e. The molecular formula is C18H20N4. The van der Waals surface area contributed by atoms with E-state index in [2.05, 4.69) is 51.2 Å². The van der Waals surface area contributed by atoms with Crippen molar-refractivity contribution in [3.05, 3.63) is 59.8 Å². The maximum absolute atomic E-state index is 9.24. The van der Waals surface area contributed by atoms with Crippen LogP contribution in [0, 0.1) is 11.3 Å². The molecule has 0 bridgehead atoms. The fraction of sp³-hybridized carbons (Fsp3) is 0.333. The van der Waals surface area contributed by atoms with Crippen molar-refractivity contribution in [3.63, 3.8) is 0 Å². The molecule has 1 aromatic heterocycles. The Bertz CT molecular complexity index is 648. The number of benzene rings is 1. The minimum absolute atomic E-state index is 0.666. The zero-order chi connectivity index (χ0) is 15.2. The summed E-state index contributed by atoms with van der Waals surface area (Å²) in [4.78, 5) is 9.12. The highest BCUT2D eigenvalue weighted by Crippen LogP contribution is 2.18. The molecule has 0 unspecified atom stereocenters. The van der Waals surface area contributed by atoms with E-state index in [0.29, 0.717) is 5.56 Å². The van der Waals surface area contributed by atoms with Gasteiger partial charge in [0, 0.05) is 38.9 Å². The minimum atomic E-state index is 0.666. The van der Waals surface area contributed by atoms with E-state index in [1.807, 2.05) is 12.1 Å². The van der Waals surface area contributed by atoms with E-state index in [9.17, 15) is 5.26 Å². The number of aromatic nitrogens is 1. The lowest BCUT2D eigenvalue weighted by Gasteiger charge is -2.23. The van der Waals surface area contributed by atoms with Gasteiger partial charge in [0.15, 0.2) is 0 Å². The summed E-state index contributed by atoms with van der Waals surface area (Å²) in [6.45, 7) is 4.94. The molecule has 4 nitrogen and oxygen atoms in total. The highest BCUT2D eigenvalue weighted by molar-refractivity contribution is 5.53. The standard InChI is InChI=1S/C18H20N4/c19-14-17-8-4-9-20-18(17)22-11-5-10-21(12-13-22)15-16-6-2-1-3-7-16/h1-4,6-9H,5,10-13,15H2. The van der Waals surface area contributed by atoms with Crippen LogP contribution in [-0.4, -0.2) is 36.1 Å². The third-order valence-electron chi connectivity index (χ3n) is 4.04. The molecule has 2 aromatic rings. The first-order valence-electron chi connectivity index (χ1n) is 7.73. The fourth-order valence-corrected chi connectivity index (χ4v) is 2.92. The van der Waals surface area contributed by atoms with Crippen LogP contribution in [0.15, 0.2) is 48.7 Å². The number of anilines is 1. The lowest BCUT2D eigenvalue weighted by atomic mass is 10.2. The van der Waals surface area contributed by atoms with Gasteiger partial charge in [-0.25, -0.2) is 4.98 Å². The van der Waals surface area contributed by atoms with Crippen molar-refractivity contribution in [1.29, 1.82) is 5.26 Å². The molecule has 0 aliphatic carbocycles. The van der Waals surface area contributed by atoms with Crippen LogP contribution in [0.25, 0.3) is 0 Å². The Morgan fingerprint density at radius 1 is 1.00 bits per heavy atom. The number of nitriles is 1. The first-order chi connectivity index (χ1) is 10.9. The molecule has 1 aliphatic heterocycles. The normalized spacial score (nSPS) is 16.0. The van der Waals surface area contributed by atoms with Gasteiger partial charge in [-0.05, 0) is 24.1 Å². The van der Waals surface area contributed by atoms with E-state index in [4.69, 9.17) is 0 Å². The van der Waals surface area contributed by atoms with Gasteiger partial charge in [-0.2, -0.15) is 5.26 Å². The van der Waals surface area contributed by atoms with E-state index in [1.165, 1.54) is 5.56 Å². The van der Waals surface area contributed by atoms with Crippen molar-refractivity contribution in [3.8, 4) is 6.07 Å². The third-order valence-corrected chi connectivity index (χ3v) is 4.04. The molecule has 0 radical (unpaired) electrons. The van der Waals surface area contributed by atoms with Crippen molar-refractivity contribution >= 4 is 5.82 Å². The summed E-state index contributed by atoms with van der Waals surface area (Å²) in [5.74, 6) is 0.826. The molecule has 0 amide bonds. The number of hydrogen-bond acceptors (Lipinski definition) is 4. The Hall–Kier alpha value is -2.38. The van der Waals surface area contributed by atoms with Gasteiger partial charge in [0.05, 0.1) is 5.56 Å². The monoisotopic (exact) mass is 292 g/mol. The Kier molecular flexibility index (Phi) is 4.67. The number of rotatable bonds is 3. The van der Waals surface area contributed by atoms with Crippen LogP contribution < -0.4 is 4.90 Å². The van der Waals surface area contributed by atoms with E-state index < -0.39 is 0 Å². The van der Waals surface area contributed by atoms with Crippen LogP contribution in [0.1, 0.15) is 17.5 Å². The summed E-state index contributed by atoms with van der Waals surface area (Å²) in [7, 11) is 0. The molecule has 1 aliphatic rings. The average molecular weight is 292 g/mol. The van der Waals surface area contributed by atoms with Crippen molar-refractivity contribution in [1.82, 2.24) is 9.88 Å². The Morgan fingerprint density at radius 2 is 1.86 bits per heavy atom. The number of pyridine rings is 1. The summed E-state index contributed by atoms with van der Waals surface area (Å²) in [6.07, 6.45) is 2.86. The molecule has 4 heteroatoms. The average Bonchev–Trinajstić information content (AvgIpc) is 2.81. The van der Waals surface area contributed by atoms with Crippen molar-refractivity contribution in [2.45, 2.75) is 13.0 Å². The van der Waals surface area contributed by atoms with Gasteiger partial charge in [-0.1, -0.05) is 30.3 Å². The molecule has 1 fully saturated rings. The summed E-state index contributed by atoms with van der Waals surface area (Å²) in [5, 5.41) is 9.24. The molecule has 2 heterocycles. The van der Waals surface area contributed by atoms with Crippen LogP contribution in [0.4, 0.5) is 5.82 Å². The molecule has 1 aromatic carbocycles. The Balaban J connectivity index is 1.66. The van der Waals surface area contributed by atoms with Crippen molar-refractivity contribution < 1.29 is 0 Å². The molecule has 0 N–H and O–H groups in total. The molecule has 22 heavy (non-hydrogen) atoms. The maximum atomic E-state index is 9.24. The Morgan fingerprint density at radius 3 is 2.68 bits per heavy atom. The second-order valence-corrected chi connectivity index (χ2v) is 5.59. The van der Waals surface area contributed by atoms with E-state index in [1.54, 1.807) is 6.20 Å². The zero-order valence-corrected chi connectivity index (χ0v) is 12.7. The van der Waals surface area contributed by atoms with E-state index in [0.717, 1.165) is 45.0 Å². The first-order valence-corrected chi connectivity index (χ1v) is 7.73. The predicted octanol–water partition coefficient (Wildman–Crippen LogP) is 2.67. The lowest BCUT2D eigenvalue weighted by molar-refractivity contribution is 0.285. The first kappa shape index (κ1) is 14.6. The largest absolute Gasteiger partial charge is 0.354 e. The molecule has 0 atom stereocenters. The van der Waals surface area contributed by atoms with E-state index in [-0.39, 0.29) is 0 Å². The lowest BCUT2D eigenvalue weighted by Crippen LogP contribution is -2.31. The molecule has 0 saturated carbocycles.